The number of ketones is 1. The zero-order valence-electron chi connectivity index (χ0n) is 10.9. The number of hydrogen-bond donors (Lipinski definition) is 0. The molecule has 0 bridgehead atoms. The Hall–Kier alpha value is -0.930. The largest absolute Gasteiger partial charge is 0.375 e. The van der Waals surface area contributed by atoms with Crippen molar-refractivity contribution in [1.82, 2.24) is 4.98 Å². The fourth-order valence-corrected chi connectivity index (χ4v) is 3.63. The summed E-state index contributed by atoms with van der Waals surface area (Å²) in [4.78, 5) is 16.5. The third-order valence-corrected chi connectivity index (χ3v) is 4.72. The number of pyridine rings is 1. The number of rotatable bonds is 2. The second-order valence-corrected chi connectivity index (χ2v) is 6.06. The Labute approximate surface area is 118 Å². The van der Waals surface area contributed by atoms with Crippen molar-refractivity contribution in [2.75, 3.05) is 6.61 Å². The molecule has 1 aliphatic heterocycles. The van der Waals surface area contributed by atoms with Gasteiger partial charge in [-0.1, -0.05) is 24.4 Å². The molecule has 1 spiro atoms. The van der Waals surface area contributed by atoms with Crippen LogP contribution in [0.25, 0.3) is 0 Å². The minimum atomic E-state index is -0.0297. The van der Waals surface area contributed by atoms with Gasteiger partial charge in [0.25, 0.3) is 0 Å². The van der Waals surface area contributed by atoms with E-state index in [0.29, 0.717) is 17.2 Å². The smallest absolute Gasteiger partial charge is 0.167 e. The van der Waals surface area contributed by atoms with Crippen LogP contribution in [0.5, 0.6) is 0 Å². The van der Waals surface area contributed by atoms with Crippen LogP contribution in [-0.4, -0.2) is 23.0 Å². The summed E-state index contributed by atoms with van der Waals surface area (Å²) in [5.41, 5.74) is 0.578. The second-order valence-electron chi connectivity index (χ2n) is 5.65. The highest BCUT2D eigenvalue weighted by atomic mass is 35.5. The van der Waals surface area contributed by atoms with Crippen LogP contribution >= 0.6 is 11.6 Å². The van der Waals surface area contributed by atoms with E-state index >= 15 is 0 Å². The average molecular weight is 280 g/mol. The van der Waals surface area contributed by atoms with Crippen molar-refractivity contribution in [1.29, 1.82) is 0 Å². The summed E-state index contributed by atoms with van der Waals surface area (Å²) in [6, 6.07) is 1.72. The van der Waals surface area contributed by atoms with E-state index in [1.165, 1.54) is 12.8 Å². The average Bonchev–Trinajstić information content (AvgIpc) is 2.86. The van der Waals surface area contributed by atoms with Crippen LogP contribution in [0.15, 0.2) is 18.5 Å². The molecule has 1 aromatic rings. The predicted octanol–water partition coefficient (Wildman–Crippen LogP) is 3.66. The number of ether oxygens (including phenoxy) is 1. The number of Topliss-reactive ketones (excluding diaryl/α,β-unsaturated/α-hetero) is 1. The quantitative estimate of drug-likeness (QED) is 0.776. The lowest BCUT2D eigenvalue weighted by Gasteiger charge is -2.37. The highest BCUT2D eigenvalue weighted by molar-refractivity contribution is 6.33. The summed E-state index contributed by atoms with van der Waals surface area (Å²) in [5.74, 6) is 0.203. The third kappa shape index (κ3) is 2.54. The molecule has 0 N–H and O–H groups in total. The van der Waals surface area contributed by atoms with E-state index in [9.17, 15) is 4.79 Å². The molecule has 2 aliphatic rings. The summed E-state index contributed by atoms with van der Waals surface area (Å²) in [6.07, 6.45) is 9.46. The van der Waals surface area contributed by atoms with Gasteiger partial charge in [-0.15, -0.1) is 0 Å². The van der Waals surface area contributed by atoms with E-state index in [4.69, 9.17) is 16.3 Å². The SMILES string of the molecule is O=C(c1ccncc1Cl)C1CCOC2(CCCC2)C1. The van der Waals surface area contributed by atoms with Crippen LogP contribution in [0.4, 0.5) is 0 Å². The molecular weight excluding hydrogens is 262 g/mol. The van der Waals surface area contributed by atoms with Crippen LogP contribution in [0, 0.1) is 5.92 Å². The first-order valence-corrected chi connectivity index (χ1v) is 7.36. The molecule has 2 heterocycles. The molecule has 0 aromatic carbocycles. The van der Waals surface area contributed by atoms with E-state index in [1.54, 1.807) is 18.5 Å². The van der Waals surface area contributed by atoms with Gasteiger partial charge < -0.3 is 4.74 Å². The zero-order valence-corrected chi connectivity index (χ0v) is 11.7. The van der Waals surface area contributed by atoms with Gasteiger partial charge in [-0.05, 0) is 31.7 Å². The standard InChI is InChI=1S/C15H18ClNO2/c16-13-10-17-7-3-12(13)14(18)11-4-8-19-15(9-11)5-1-2-6-15/h3,7,10-11H,1-2,4-6,8-9H2. The van der Waals surface area contributed by atoms with Gasteiger partial charge in [0.1, 0.15) is 0 Å². The predicted molar refractivity (Wildman–Crippen MR) is 73.5 cm³/mol. The molecule has 1 unspecified atom stereocenters. The molecule has 1 saturated heterocycles. The molecular formula is C15H18ClNO2. The topological polar surface area (TPSA) is 39.2 Å². The fourth-order valence-electron chi connectivity index (χ4n) is 3.41. The molecule has 1 atom stereocenters. The van der Waals surface area contributed by atoms with Crippen LogP contribution in [0.1, 0.15) is 48.9 Å². The minimum Gasteiger partial charge on any atom is -0.375 e. The lowest BCUT2D eigenvalue weighted by Crippen LogP contribution is -2.39. The Morgan fingerprint density at radius 1 is 1.42 bits per heavy atom. The van der Waals surface area contributed by atoms with Gasteiger partial charge >= 0.3 is 0 Å². The molecule has 4 heteroatoms. The number of carbonyl (C=O) groups excluding carboxylic acids is 1. The third-order valence-electron chi connectivity index (χ3n) is 4.42. The maximum Gasteiger partial charge on any atom is 0.167 e. The van der Waals surface area contributed by atoms with Crippen molar-refractivity contribution in [2.24, 2.45) is 5.92 Å². The molecule has 0 radical (unpaired) electrons. The monoisotopic (exact) mass is 279 g/mol. The van der Waals surface area contributed by atoms with Crippen LogP contribution in [-0.2, 0) is 4.74 Å². The van der Waals surface area contributed by atoms with E-state index in [1.807, 2.05) is 0 Å². The molecule has 2 fully saturated rings. The Kier molecular flexibility index (Phi) is 3.59. The van der Waals surface area contributed by atoms with Crippen molar-refractivity contribution in [3.63, 3.8) is 0 Å². The summed E-state index contributed by atoms with van der Waals surface area (Å²) in [5, 5.41) is 0.458. The Morgan fingerprint density at radius 3 is 2.95 bits per heavy atom. The Morgan fingerprint density at radius 2 is 2.21 bits per heavy atom. The van der Waals surface area contributed by atoms with Crippen molar-refractivity contribution in [2.45, 2.75) is 44.1 Å². The first-order valence-electron chi connectivity index (χ1n) is 6.98. The summed E-state index contributed by atoms with van der Waals surface area (Å²) < 4.78 is 5.98. The van der Waals surface area contributed by atoms with Crippen molar-refractivity contribution >= 4 is 17.4 Å². The van der Waals surface area contributed by atoms with Gasteiger partial charge in [0, 0.05) is 30.5 Å². The van der Waals surface area contributed by atoms with Crippen molar-refractivity contribution < 1.29 is 9.53 Å². The number of nitrogens with zero attached hydrogens (tertiary/aromatic N) is 1. The highest BCUT2D eigenvalue weighted by Gasteiger charge is 2.42. The van der Waals surface area contributed by atoms with Gasteiger partial charge in [-0.3, -0.25) is 9.78 Å². The highest BCUT2D eigenvalue weighted by Crippen LogP contribution is 2.43. The van der Waals surface area contributed by atoms with E-state index in [-0.39, 0.29) is 17.3 Å². The molecule has 3 nitrogen and oxygen atoms in total. The van der Waals surface area contributed by atoms with Crippen LogP contribution in [0.2, 0.25) is 5.02 Å². The number of halogens is 1. The summed E-state index contributed by atoms with van der Waals surface area (Å²) in [7, 11) is 0. The molecule has 102 valence electrons. The van der Waals surface area contributed by atoms with Crippen molar-refractivity contribution in [3.05, 3.63) is 29.0 Å². The lowest BCUT2D eigenvalue weighted by molar-refractivity contribution is -0.0866. The number of carbonyl (C=O) groups is 1. The summed E-state index contributed by atoms with van der Waals surface area (Å²) >= 11 is 6.07. The fraction of sp³-hybridized carbons (Fsp3) is 0.600. The van der Waals surface area contributed by atoms with Gasteiger partial charge in [-0.2, -0.15) is 0 Å². The number of aromatic nitrogens is 1. The van der Waals surface area contributed by atoms with Crippen LogP contribution in [0.3, 0.4) is 0 Å². The molecule has 19 heavy (non-hydrogen) atoms. The second kappa shape index (κ2) is 5.22. The molecule has 0 amide bonds. The minimum absolute atomic E-state index is 0.0297. The zero-order chi connectivity index (χ0) is 13.3. The van der Waals surface area contributed by atoms with E-state index < -0.39 is 0 Å². The van der Waals surface area contributed by atoms with Crippen molar-refractivity contribution in [3.8, 4) is 0 Å². The molecule has 1 aromatic heterocycles. The first kappa shape index (κ1) is 13.1. The van der Waals surface area contributed by atoms with Crippen LogP contribution < -0.4 is 0 Å². The Balaban J connectivity index is 1.78. The maximum absolute atomic E-state index is 12.6. The lowest BCUT2D eigenvalue weighted by atomic mass is 9.81. The first-order chi connectivity index (χ1) is 9.20. The van der Waals surface area contributed by atoms with Gasteiger partial charge in [0.2, 0.25) is 0 Å². The Bertz CT molecular complexity index is 483. The van der Waals surface area contributed by atoms with E-state index in [0.717, 1.165) is 25.7 Å². The molecule has 1 saturated carbocycles. The maximum atomic E-state index is 12.6. The normalized spacial score (nSPS) is 25.6. The number of hydrogen-bond acceptors (Lipinski definition) is 3. The molecule has 3 rings (SSSR count). The van der Waals surface area contributed by atoms with Gasteiger partial charge in [0.05, 0.1) is 10.6 Å². The summed E-state index contributed by atoms with van der Waals surface area (Å²) in [6.45, 7) is 0.694. The van der Waals surface area contributed by atoms with E-state index in [2.05, 4.69) is 4.98 Å². The molecule has 1 aliphatic carbocycles. The van der Waals surface area contributed by atoms with Gasteiger partial charge in [-0.25, -0.2) is 0 Å². The van der Waals surface area contributed by atoms with Gasteiger partial charge in [0.15, 0.2) is 5.78 Å².